The van der Waals surface area contributed by atoms with Gasteiger partial charge in [-0.3, -0.25) is 0 Å². The quantitative estimate of drug-likeness (QED) is 0.418. The van der Waals surface area contributed by atoms with Crippen molar-refractivity contribution in [2.75, 3.05) is 0 Å². The number of hydrogen-bond acceptors (Lipinski definition) is 0. The summed E-state index contributed by atoms with van der Waals surface area (Å²) in [5.74, 6) is 0. The first-order valence-corrected chi connectivity index (χ1v) is 8.94. The van der Waals surface area contributed by atoms with Gasteiger partial charge in [-0.1, -0.05) is 53.9 Å². The third-order valence-electron chi connectivity index (χ3n) is 5.21. The average Bonchev–Trinajstić information content (AvgIpc) is 2.59. The summed E-state index contributed by atoms with van der Waals surface area (Å²) in [6, 6.07) is 8.76. The summed E-state index contributed by atoms with van der Waals surface area (Å²) < 4.78 is 0. The van der Waals surface area contributed by atoms with Crippen molar-refractivity contribution >= 4 is 18.6 Å². The van der Waals surface area contributed by atoms with Crippen LogP contribution in [0.15, 0.2) is 47.6 Å². The van der Waals surface area contributed by atoms with Crippen molar-refractivity contribution in [3.8, 4) is 0 Å². The third-order valence-corrected chi connectivity index (χ3v) is 5.21. The fourth-order valence-electron chi connectivity index (χ4n) is 3.32. The van der Waals surface area contributed by atoms with Gasteiger partial charge in [-0.2, -0.15) is 0 Å². The second-order valence-electron chi connectivity index (χ2n) is 6.95. The first-order chi connectivity index (χ1) is 11.5. The Bertz CT molecular complexity index is 778. The zero-order valence-corrected chi connectivity index (χ0v) is 15.9. The molecule has 2 aromatic rings. The van der Waals surface area contributed by atoms with Crippen LogP contribution < -0.4 is 0 Å². The van der Waals surface area contributed by atoms with E-state index in [-0.39, 0.29) is 0 Å². The molecule has 124 valence electrons. The van der Waals surface area contributed by atoms with Gasteiger partial charge in [0, 0.05) is 0 Å². The summed E-state index contributed by atoms with van der Waals surface area (Å²) in [7, 11) is 5.63. The maximum Gasteiger partial charge on any atom is 0.0711 e. The van der Waals surface area contributed by atoms with Crippen molar-refractivity contribution < 1.29 is 0 Å². The fraction of sp³-hybridized carbons (Fsp3) is 0.391. The summed E-state index contributed by atoms with van der Waals surface area (Å²) in [5, 5.41) is 2.78. The Morgan fingerprint density at radius 2 is 1.50 bits per heavy atom. The van der Waals surface area contributed by atoms with E-state index in [1.165, 1.54) is 44.2 Å². The number of rotatable bonds is 6. The Labute approximate surface area is 149 Å². The van der Waals surface area contributed by atoms with Crippen LogP contribution >= 0.6 is 0 Å². The molecule has 0 aliphatic carbocycles. The van der Waals surface area contributed by atoms with Gasteiger partial charge in [-0.15, -0.1) is 0 Å². The highest BCUT2D eigenvalue weighted by molar-refractivity contribution is 6.10. The molecular weight excluding hydrogens is 287 g/mol. The lowest BCUT2D eigenvalue weighted by atomic mass is 9.89. The largest absolute Gasteiger partial charge is 0.0860 e. The second kappa shape index (κ2) is 8.37. The summed E-state index contributed by atoms with van der Waals surface area (Å²) in [5.41, 5.74) is 8.50. The van der Waals surface area contributed by atoms with Crippen LogP contribution in [0.25, 0.3) is 10.8 Å². The van der Waals surface area contributed by atoms with Gasteiger partial charge >= 0.3 is 0 Å². The molecule has 0 atom stereocenters. The first-order valence-electron chi connectivity index (χ1n) is 8.94. The molecule has 0 aromatic heterocycles. The summed E-state index contributed by atoms with van der Waals surface area (Å²) in [4.78, 5) is 0. The van der Waals surface area contributed by atoms with Crippen LogP contribution in [0.5, 0.6) is 0 Å². The lowest BCUT2D eigenvalue weighted by Gasteiger charge is -2.16. The molecule has 0 fully saturated rings. The second-order valence-corrected chi connectivity index (χ2v) is 6.95. The van der Waals surface area contributed by atoms with Crippen molar-refractivity contribution in [2.45, 2.75) is 60.2 Å². The summed E-state index contributed by atoms with van der Waals surface area (Å²) in [6.45, 7) is 11.1. The maximum absolute atomic E-state index is 5.63. The van der Waals surface area contributed by atoms with Gasteiger partial charge < -0.3 is 0 Å². The van der Waals surface area contributed by atoms with Gasteiger partial charge in [-0.05, 0) is 86.9 Å². The van der Waals surface area contributed by atoms with E-state index >= 15 is 0 Å². The lowest BCUT2D eigenvalue weighted by molar-refractivity contribution is 0.953. The van der Waals surface area contributed by atoms with Crippen LogP contribution in [-0.4, -0.2) is 7.85 Å². The molecule has 2 aromatic carbocycles. The smallest absolute Gasteiger partial charge is 0.0711 e. The number of benzene rings is 2. The highest BCUT2D eigenvalue weighted by Gasteiger charge is 2.10. The molecule has 0 amide bonds. The molecule has 0 saturated carbocycles. The van der Waals surface area contributed by atoms with E-state index in [2.05, 4.69) is 71.0 Å². The molecular formula is C23H29B. The first kappa shape index (κ1) is 18.6. The molecule has 0 bridgehead atoms. The molecule has 0 aliphatic heterocycles. The predicted octanol–water partition coefficient (Wildman–Crippen LogP) is 6.57. The van der Waals surface area contributed by atoms with Gasteiger partial charge in [-0.25, -0.2) is 0 Å². The van der Waals surface area contributed by atoms with Crippen LogP contribution in [0.2, 0.25) is 6.32 Å². The molecule has 0 nitrogen and oxygen atoms in total. The normalized spacial score (nSPS) is 12.9. The van der Waals surface area contributed by atoms with E-state index in [0.29, 0.717) is 6.32 Å². The topological polar surface area (TPSA) is 0 Å². The molecule has 2 radical (unpaired) electrons. The molecule has 0 heterocycles. The minimum atomic E-state index is 0.664. The monoisotopic (exact) mass is 316 g/mol. The van der Waals surface area contributed by atoms with Crippen LogP contribution in [0.1, 0.15) is 48.9 Å². The highest BCUT2D eigenvalue weighted by atomic mass is 14.1. The van der Waals surface area contributed by atoms with E-state index in [4.69, 9.17) is 7.85 Å². The summed E-state index contributed by atoms with van der Waals surface area (Å²) >= 11 is 0. The van der Waals surface area contributed by atoms with E-state index in [9.17, 15) is 0 Å². The average molecular weight is 316 g/mol. The van der Waals surface area contributed by atoms with Crippen LogP contribution in [0.3, 0.4) is 0 Å². The predicted molar refractivity (Wildman–Crippen MR) is 109 cm³/mol. The zero-order chi connectivity index (χ0) is 17.7. The number of hydrogen-bond donors (Lipinski definition) is 0. The van der Waals surface area contributed by atoms with Gasteiger partial charge in [0.25, 0.3) is 0 Å². The molecule has 0 aliphatic rings. The molecule has 0 spiro atoms. The molecule has 24 heavy (non-hydrogen) atoms. The van der Waals surface area contributed by atoms with E-state index in [1.807, 2.05) is 0 Å². The molecule has 0 unspecified atom stereocenters. The minimum absolute atomic E-state index is 0.664. The third kappa shape index (κ3) is 4.20. The Balaban J connectivity index is 2.22. The van der Waals surface area contributed by atoms with Crippen molar-refractivity contribution in [2.24, 2.45) is 0 Å². The van der Waals surface area contributed by atoms with Crippen molar-refractivity contribution in [1.29, 1.82) is 0 Å². The number of aryl methyl sites for hydroxylation is 2. The number of fused-ring (bicyclic) bond motifs is 1. The van der Waals surface area contributed by atoms with Gasteiger partial charge in [0.05, 0.1) is 7.85 Å². The minimum Gasteiger partial charge on any atom is -0.0860 e. The van der Waals surface area contributed by atoms with Crippen LogP contribution in [0.4, 0.5) is 0 Å². The lowest BCUT2D eigenvalue weighted by Crippen LogP contribution is -1.98. The van der Waals surface area contributed by atoms with Gasteiger partial charge in [0.1, 0.15) is 0 Å². The highest BCUT2D eigenvalue weighted by Crippen LogP contribution is 2.30. The van der Waals surface area contributed by atoms with E-state index in [1.54, 1.807) is 0 Å². The fourth-order valence-corrected chi connectivity index (χ4v) is 3.32. The molecule has 0 N–H and O–H groups in total. The van der Waals surface area contributed by atoms with Crippen LogP contribution in [-0.2, 0) is 6.42 Å². The molecule has 2 rings (SSSR count). The maximum atomic E-state index is 5.63. The van der Waals surface area contributed by atoms with Gasteiger partial charge in [0.15, 0.2) is 0 Å². The van der Waals surface area contributed by atoms with Crippen LogP contribution in [0, 0.1) is 20.8 Å². The Hall–Kier alpha value is -1.76. The Kier molecular flexibility index (Phi) is 6.48. The SMILES string of the molecule is [B]CC(C)=CCCC(C)=CCc1c(C)c(C)c2ccccc2c1C. The van der Waals surface area contributed by atoms with Gasteiger partial charge in [0.2, 0.25) is 0 Å². The van der Waals surface area contributed by atoms with Crippen molar-refractivity contribution in [3.05, 3.63) is 69.8 Å². The molecule has 1 heteroatoms. The Morgan fingerprint density at radius 3 is 2.12 bits per heavy atom. The van der Waals surface area contributed by atoms with Crippen molar-refractivity contribution in [1.82, 2.24) is 0 Å². The molecule has 0 saturated heterocycles. The Morgan fingerprint density at radius 1 is 0.875 bits per heavy atom. The van der Waals surface area contributed by atoms with E-state index < -0.39 is 0 Å². The zero-order valence-electron chi connectivity index (χ0n) is 15.9. The standard InChI is InChI=1S/C23H29B/c1-16(9-8-10-17(2)15-24)13-14-21-18(3)19(4)22-11-6-7-12-23(22)20(21)5/h6-7,10-13H,8-9,14-15H2,1-5H3. The van der Waals surface area contributed by atoms with E-state index in [0.717, 1.165) is 19.3 Å². The number of allylic oxidation sites excluding steroid dienone is 4. The summed E-state index contributed by atoms with van der Waals surface area (Å²) in [6.07, 6.45) is 8.54. The van der Waals surface area contributed by atoms with Crippen molar-refractivity contribution in [3.63, 3.8) is 0 Å².